The molecule has 0 unspecified atom stereocenters. The Bertz CT molecular complexity index is 1200. The molecule has 0 amide bonds. The summed E-state index contributed by atoms with van der Waals surface area (Å²) in [7, 11) is -3.88. The normalized spacial score (nSPS) is 11.8. The average Bonchev–Trinajstić information content (AvgIpc) is 2.70. The first kappa shape index (κ1) is 19.4. The van der Waals surface area contributed by atoms with Crippen molar-refractivity contribution in [1.29, 1.82) is 10.5 Å². The van der Waals surface area contributed by atoms with Crippen molar-refractivity contribution in [3.8, 4) is 12.1 Å². The van der Waals surface area contributed by atoms with E-state index in [4.69, 9.17) is 16.9 Å². The number of hydrogen-bond acceptors (Lipinski definition) is 4. The van der Waals surface area contributed by atoms with E-state index in [0.717, 1.165) is 5.56 Å². The fourth-order valence-electron chi connectivity index (χ4n) is 2.74. The summed E-state index contributed by atoms with van der Waals surface area (Å²) in [6.45, 7) is 0. The number of halogens is 1. The van der Waals surface area contributed by atoms with Crippen LogP contribution in [-0.4, -0.2) is 8.42 Å². The van der Waals surface area contributed by atoms with Gasteiger partial charge in [-0.3, -0.25) is 4.72 Å². The first-order chi connectivity index (χ1) is 13.4. The Balaban J connectivity index is 1.90. The predicted octanol–water partition coefficient (Wildman–Crippen LogP) is 4.67. The van der Waals surface area contributed by atoms with Crippen LogP contribution in [0, 0.1) is 22.7 Å². The maximum atomic E-state index is 12.6. The van der Waals surface area contributed by atoms with Gasteiger partial charge in [0.25, 0.3) is 10.0 Å². The van der Waals surface area contributed by atoms with Crippen molar-refractivity contribution in [2.75, 3.05) is 4.72 Å². The molecule has 1 N–H and O–H groups in total. The second kappa shape index (κ2) is 8.14. The molecule has 0 spiro atoms. The monoisotopic (exact) mass is 407 g/mol. The van der Waals surface area contributed by atoms with Crippen molar-refractivity contribution in [3.63, 3.8) is 0 Å². The lowest BCUT2D eigenvalue weighted by Crippen LogP contribution is -2.13. The molecule has 1 atom stereocenters. The molecule has 0 aliphatic rings. The molecular weight excluding hydrogens is 394 g/mol. The molecule has 0 radical (unpaired) electrons. The number of nitrogens with zero attached hydrogens (tertiary/aromatic N) is 2. The van der Waals surface area contributed by atoms with E-state index >= 15 is 0 Å². The van der Waals surface area contributed by atoms with E-state index in [1.807, 2.05) is 36.4 Å². The van der Waals surface area contributed by atoms with Gasteiger partial charge in [-0.15, -0.1) is 0 Å². The summed E-state index contributed by atoms with van der Waals surface area (Å²) in [4.78, 5) is -0.0223. The van der Waals surface area contributed by atoms with Crippen LogP contribution in [0.2, 0.25) is 5.02 Å². The first-order valence-electron chi connectivity index (χ1n) is 8.21. The van der Waals surface area contributed by atoms with Gasteiger partial charge >= 0.3 is 0 Å². The van der Waals surface area contributed by atoms with Crippen LogP contribution in [0.15, 0.2) is 77.7 Å². The molecule has 3 aromatic rings. The number of nitriles is 2. The summed E-state index contributed by atoms with van der Waals surface area (Å²) < 4.78 is 27.6. The molecule has 138 valence electrons. The van der Waals surface area contributed by atoms with Crippen LogP contribution in [0.5, 0.6) is 0 Å². The molecule has 5 nitrogen and oxygen atoms in total. The molecule has 28 heavy (non-hydrogen) atoms. The summed E-state index contributed by atoms with van der Waals surface area (Å²) in [6, 6.07) is 23.7. The molecule has 0 saturated heterocycles. The van der Waals surface area contributed by atoms with Crippen LogP contribution in [0.1, 0.15) is 22.6 Å². The molecule has 3 rings (SSSR count). The van der Waals surface area contributed by atoms with Gasteiger partial charge in [-0.05, 0) is 41.5 Å². The minimum absolute atomic E-state index is 0.0223. The van der Waals surface area contributed by atoms with Crippen molar-refractivity contribution in [2.24, 2.45) is 0 Å². The molecule has 0 fully saturated rings. The van der Waals surface area contributed by atoms with E-state index in [0.29, 0.717) is 5.56 Å². The molecule has 7 heteroatoms. The van der Waals surface area contributed by atoms with E-state index < -0.39 is 15.9 Å². The SMILES string of the molecule is N#Cc1cccc(S(=O)(=O)Nc2ccc([C@H](C#N)c3ccccc3)c(Cl)c2)c1. The van der Waals surface area contributed by atoms with Crippen molar-refractivity contribution >= 4 is 27.3 Å². The van der Waals surface area contributed by atoms with E-state index in [9.17, 15) is 13.7 Å². The summed E-state index contributed by atoms with van der Waals surface area (Å²) in [6.07, 6.45) is 0. The Labute approximate surface area is 168 Å². The molecule has 0 saturated carbocycles. The molecule has 3 aromatic carbocycles. The molecule has 0 aliphatic carbocycles. The predicted molar refractivity (Wildman–Crippen MR) is 107 cm³/mol. The first-order valence-corrected chi connectivity index (χ1v) is 10.1. The topological polar surface area (TPSA) is 93.8 Å². The van der Waals surface area contributed by atoms with Gasteiger partial charge in [-0.1, -0.05) is 54.1 Å². The van der Waals surface area contributed by atoms with Crippen molar-refractivity contribution < 1.29 is 8.42 Å². The third-order valence-electron chi connectivity index (χ3n) is 4.10. The minimum Gasteiger partial charge on any atom is -0.280 e. The quantitative estimate of drug-likeness (QED) is 0.665. The van der Waals surface area contributed by atoms with E-state index in [2.05, 4.69) is 10.8 Å². The zero-order valence-corrected chi connectivity index (χ0v) is 16.1. The summed E-state index contributed by atoms with van der Waals surface area (Å²) in [5.41, 5.74) is 1.90. The van der Waals surface area contributed by atoms with Gasteiger partial charge in [-0.25, -0.2) is 8.42 Å². The highest BCUT2D eigenvalue weighted by atomic mass is 35.5. The number of hydrogen-bond donors (Lipinski definition) is 1. The van der Waals surface area contributed by atoms with Crippen LogP contribution in [0.3, 0.4) is 0 Å². The van der Waals surface area contributed by atoms with Crippen LogP contribution < -0.4 is 4.72 Å². The van der Waals surface area contributed by atoms with Gasteiger partial charge in [0.05, 0.1) is 34.2 Å². The zero-order chi connectivity index (χ0) is 20.1. The fourth-order valence-corrected chi connectivity index (χ4v) is 4.13. The van der Waals surface area contributed by atoms with E-state index in [1.165, 1.54) is 30.3 Å². The summed E-state index contributed by atoms with van der Waals surface area (Å²) >= 11 is 6.35. The molecular formula is C21H14ClN3O2S. The van der Waals surface area contributed by atoms with Crippen molar-refractivity contribution in [2.45, 2.75) is 10.8 Å². The number of nitrogens with one attached hydrogen (secondary N) is 1. The molecule has 0 bridgehead atoms. The standard InChI is InChI=1S/C21H14ClN3O2S/c22-21-12-17(25-28(26,27)18-8-4-5-15(11-18)13-23)9-10-19(21)20(14-24)16-6-2-1-3-7-16/h1-12,20,25H/t20-/m1/s1. The molecule has 0 aliphatic heterocycles. The lowest BCUT2D eigenvalue weighted by Gasteiger charge is -2.14. The van der Waals surface area contributed by atoms with Crippen LogP contribution in [-0.2, 0) is 10.0 Å². The second-order valence-electron chi connectivity index (χ2n) is 5.95. The van der Waals surface area contributed by atoms with Crippen molar-refractivity contribution in [1.82, 2.24) is 0 Å². The highest BCUT2D eigenvalue weighted by molar-refractivity contribution is 7.92. The van der Waals surface area contributed by atoms with Gasteiger partial charge < -0.3 is 0 Å². The summed E-state index contributed by atoms with van der Waals surface area (Å²) in [5, 5.41) is 18.8. The highest BCUT2D eigenvalue weighted by Crippen LogP contribution is 2.32. The van der Waals surface area contributed by atoms with Gasteiger partial charge in [0.15, 0.2) is 0 Å². The summed E-state index contributed by atoms with van der Waals surface area (Å²) in [5.74, 6) is -0.563. The average molecular weight is 408 g/mol. The van der Waals surface area contributed by atoms with Crippen molar-refractivity contribution in [3.05, 3.63) is 94.5 Å². The zero-order valence-electron chi connectivity index (χ0n) is 14.5. The fraction of sp³-hybridized carbons (Fsp3) is 0.0476. The number of sulfonamides is 1. The Kier molecular flexibility index (Phi) is 5.65. The van der Waals surface area contributed by atoms with Crippen LogP contribution in [0.25, 0.3) is 0 Å². The number of benzene rings is 3. The Morgan fingerprint density at radius 3 is 2.32 bits per heavy atom. The lowest BCUT2D eigenvalue weighted by atomic mass is 9.92. The number of anilines is 1. The van der Waals surface area contributed by atoms with Gasteiger partial charge in [-0.2, -0.15) is 10.5 Å². The largest absolute Gasteiger partial charge is 0.280 e. The van der Waals surface area contributed by atoms with E-state index in [1.54, 1.807) is 12.1 Å². The smallest absolute Gasteiger partial charge is 0.261 e. The molecule has 0 heterocycles. The maximum absolute atomic E-state index is 12.6. The lowest BCUT2D eigenvalue weighted by molar-refractivity contribution is 0.601. The Morgan fingerprint density at radius 2 is 1.68 bits per heavy atom. The number of rotatable bonds is 5. The highest BCUT2D eigenvalue weighted by Gasteiger charge is 2.19. The Morgan fingerprint density at radius 1 is 0.929 bits per heavy atom. The third kappa shape index (κ3) is 4.15. The minimum atomic E-state index is -3.88. The van der Waals surface area contributed by atoms with Crippen LogP contribution in [0.4, 0.5) is 5.69 Å². The third-order valence-corrected chi connectivity index (χ3v) is 5.81. The Hall–Kier alpha value is -3.32. The van der Waals surface area contributed by atoms with Gasteiger partial charge in [0.2, 0.25) is 0 Å². The van der Waals surface area contributed by atoms with Gasteiger partial charge in [0, 0.05) is 5.02 Å². The maximum Gasteiger partial charge on any atom is 0.261 e. The second-order valence-corrected chi connectivity index (χ2v) is 8.04. The van der Waals surface area contributed by atoms with Gasteiger partial charge in [0.1, 0.15) is 0 Å². The van der Waals surface area contributed by atoms with Crippen LogP contribution >= 0.6 is 11.6 Å². The van der Waals surface area contributed by atoms with E-state index in [-0.39, 0.29) is 21.2 Å². The molecule has 0 aromatic heterocycles.